The Hall–Kier alpha value is -1.26. The summed E-state index contributed by atoms with van der Waals surface area (Å²) < 4.78 is 11.7. The van der Waals surface area contributed by atoms with Crippen LogP contribution in [0.25, 0.3) is 0 Å². The topological polar surface area (TPSA) is 58.9 Å². The van der Waals surface area contributed by atoms with E-state index in [2.05, 4.69) is 0 Å². The van der Waals surface area contributed by atoms with Crippen LogP contribution in [0.3, 0.4) is 0 Å². The highest BCUT2D eigenvalue weighted by Crippen LogP contribution is 2.27. The van der Waals surface area contributed by atoms with Gasteiger partial charge in [0.05, 0.1) is 13.2 Å². The van der Waals surface area contributed by atoms with E-state index in [0.29, 0.717) is 26.4 Å². The van der Waals surface area contributed by atoms with Gasteiger partial charge in [-0.2, -0.15) is 0 Å². The van der Waals surface area contributed by atoms with Crippen LogP contribution in [0, 0.1) is 0 Å². The fraction of sp³-hybridized carbons (Fsp3) is 0.700. The van der Waals surface area contributed by atoms with Crippen LogP contribution in [-0.2, 0) is 0 Å². The summed E-state index contributed by atoms with van der Waals surface area (Å²) >= 11 is 0. The second-order valence-corrected chi connectivity index (χ2v) is 6.13. The molecule has 0 radical (unpaired) electrons. The summed E-state index contributed by atoms with van der Waals surface area (Å²) in [5.74, 6) is 1.65. The Morgan fingerprint density at radius 1 is 0.542 bits per heavy atom. The number of ether oxygens (including phenoxy) is 2. The number of benzene rings is 1. The Balaban J connectivity index is 2.14. The van der Waals surface area contributed by atoms with Crippen molar-refractivity contribution in [3.05, 3.63) is 24.3 Å². The van der Waals surface area contributed by atoms with Gasteiger partial charge in [0.15, 0.2) is 11.5 Å². The van der Waals surface area contributed by atoms with Crippen LogP contribution < -0.4 is 9.47 Å². The number of aliphatic hydroxyl groups excluding tert-OH is 2. The summed E-state index contributed by atoms with van der Waals surface area (Å²) in [4.78, 5) is 0. The molecular formula is C20H34O4. The van der Waals surface area contributed by atoms with E-state index in [1.54, 1.807) is 0 Å². The monoisotopic (exact) mass is 338 g/mol. The van der Waals surface area contributed by atoms with Gasteiger partial charge in [-0.3, -0.25) is 0 Å². The fourth-order valence-corrected chi connectivity index (χ4v) is 2.54. The van der Waals surface area contributed by atoms with Crippen molar-refractivity contribution < 1.29 is 19.7 Å². The van der Waals surface area contributed by atoms with E-state index < -0.39 is 0 Å². The molecule has 0 saturated heterocycles. The Labute approximate surface area is 146 Å². The third-order valence-electron chi connectivity index (χ3n) is 3.97. The van der Waals surface area contributed by atoms with Crippen molar-refractivity contribution >= 4 is 0 Å². The number of hydrogen-bond donors (Lipinski definition) is 2. The number of rotatable bonds is 16. The minimum Gasteiger partial charge on any atom is -0.490 e. The average molecular weight is 338 g/mol. The summed E-state index contributed by atoms with van der Waals surface area (Å²) in [6.07, 6.45) is 10.6. The molecule has 24 heavy (non-hydrogen) atoms. The number of aliphatic hydroxyl groups is 2. The predicted molar refractivity (Wildman–Crippen MR) is 97.8 cm³/mol. The first-order valence-corrected chi connectivity index (χ1v) is 9.45. The molecule has 0 heterocycles. The second-order valence-electron chi connectivity index (χ2n) is 6.13. The molecular weight excluding hydrogens is 304 g/mol. The highest BCUT2D eigenvalue weighted by atomic mass is 16.5. The Kier molecular flexibility index (Phi) is 13.2. The predicted octanol–water partition coefficient (Wildman–Crippen LogP) is 4.33. The molecule has 2 N–H and O–H groups in total. The van der Waals surface area contributed by atoms with Gasteiger partial charge in [0.2, 0.25) is 0 Å². The van der Waals surface area contributed by atoms with Crippen LogP contribution in [0.15, 0.2) is 24.3 Å². The highest BCUT2D eigenvalue weighted by Gasteiger charge is 2.04. The van der Waals surface area contributed by atoms with Gasteiger partial charge in [0.1, 0.15) is 0 Å². The average Bonchev–Trinajstić information content (AvgIpc) is 2.61. The van der Waals surface area contributed by atoms with Crippen LogP contribution in [0.4, 0.5) is 0 Å². The van der Waals surface area contributed by atoms with E-state index in [4.69, 9.17) is 19.7 Å². The number of para-hydroxylation sites is 2. The quantitative estimate of drug-likeness (QED) is 0.440. The zero-order chi connectivity index (χ0) is 17.3. The van der Waals surface area contributed by atoms with E-state index in [0.717, 1.165) is 75.7 Å². The zero-order valence-electron chi connectivity index (χ0n) is 14.9. The zero-order valence-corrected chi connectivity index (χ0v) is 14.9. The molecule has 0 fully saturated rings. The third kappa shape index (κ3) is 10.5. The summed E-state index contributed by atoms with van der Waals surface area (Å²) in [5, 5.41) is 17.5. The van der Waals surface area contributed by atoms with Crippen molar-refractivity contribution in [2.45, 2.75) is 64.2 Å². The molecule has 0 atom stereocenters. The van der Waals surface area contributed by atoms with E-state index in [-0.39, 0.29) is 0 Å². The van der Waals surface area contributed by atoms with Crippen molar-refractivity contribution in [3.63, 3.8) is 0 Å². The molecule has 0 aromatic heterocycles. The van der Waals surface area contributed by atoms with Crippen LogP contribution in [0.1, 0.15) is 64.2 Å². The lowest BCUT2D eigenvalue weighted by atomic mass is 10.1. The van der Waals surface area contributed by atoms with E-state index in [9.17, 15) is 0 Å². The SMILES string of the molecule is OCCCCCCCOc1ccccc1OCCCCCCCO. The fourth-order valence-electron chi connectivity index (χ4n) is 2.54. The summed E-state index contributed by atoms with van der Waals surface area (Å²) in [5.41, 5.74) is 0. The summed E-state index contributed by atoms with van der Waals surface area (Å²) in [7, 11) is 0. The van der Waals surface area contributed by atoms with Gasteiger partial charge < -0.3 is 19.7 Å². The molecule has 0 aliphatic rings. The van der Waals surface area contributed by atoms with Crippen molar-refractivity contribution in [2.75, 3.05) is 26.4 Å². The molecule has 0 bridgehead atoms. The lowest BCUT2D eigenvalue weighted by molar-refractivity contribution is 0.255. The van der Waals surface area contributed by atoms with Crippen molar-refractivity contribution in [1.82, 2.24) is 0 Å². The Bertz CT molecular complexity index is 358. The van der Waals surface area contributed by atoms with Gasteiger partial charge in [-0.25, -0.2) is 0 Å². The van der Waals surface area contributed by atoms with Gasteiger partial charge in [-0.05, 0) is 37.8 Å². The van der Waals surface area contributed by atoms with Crippen LogP contribution in [0.2, 0.25) is 0 Å². The van der Waals surface area contributed by atoms with E-state index in [1.807, 2.05) is 24.3 Å². The number of hydrogen-bond acceptors (Lipinski definition) is 4. The molecule has 0 spiro atoms. The van der Waals surface area contributed by atoms with Crippen LogP contribution in [-0.4, -0.2) is 36.6 Å². The summed E-state index contributed by atoms with van der Waals surface area (Å²) in [6.45, 7) is 2.01. The molecule has 4 heteroatoms. The van der Waals surface area contributed by atoms with Gasteiger partial charge >= 0.3 is 0 Å². The van der Waals surface area contributed by atoms with E-state index in [1.165, 1.54) is 0 Å². The van der Waals surface area contributed by atoms with Crippen molar-refractivity contribution in [2.24, 2.45) is 0 Å². The molecule has 0 amide bonds. The van der Waals surface area contributed by atoms with Gasteiger partial charge in [0, 0.05) is 13.2 Å². The smallest absolute Gasteiger partial charge is 0.161 e. The minimum atomic E-state index is 0.294. The molecule has 0 unspecified atom stereocenters. The molecule has 1 aromatic rings. The largest absolute Gasteiger partial charge is 0.490 e. The molecule has 0 aliphatic heterocycles. The Morgan fingerprint density at radius 2 is 0.917 bits per heavy atom. The summed E-state index contributed by atoms with van der Waals surface area (Å²) in [6, 6.07) is 7.86. The second kappa shape index (κ2) is 15.3. The maximum absolute atomic E-state index is 8.74. The molecule has 0 aliphatic carbocycles. The maximum atomic E-state index is 8.74. The van der Waals surface area contributed by atoms with Gasteiger partial charge in [-0.15, -0.1) is 0 Å². The number of unbranched alkanes of at least 4 members (excludes halogenated alkanes) is 8. The first-order chi connectivity index (χ1) is 11.9. The molecule has 138 valence electrons. The van der Waals surface area contributed by atoms with E-state index >= 15 is 0 Å². The van der Waals surface area contributed by atoms with Crippen molar-refractivity contribution in [1.29, 1.82) is 0 Å². The maximum Gasteiger partial charge on any atom is 0.161 e. The normalized spacial score (nSPS) is 10.8. The lowest BCUT2D eigenvalue weighted by Crippen LogP contribution is -2.02. The standard InChI is InChI=1S/C20H34O4/c21-15-9-3-1-5-11-17-23-19-13-7-8-14-20(19)24-18-12-6-2-4-10-16-22/h7-8,13-14,21-22H,1-6,9-12,15-18H2. The highest BCUT2D eigenvalue weighted by molar-refractivity contribution is 5.39. The Morgan fingerprint density at radius 3 is 1.33 bits per heavy atom. The molecule has 0 saturated carbocycles. The molecule has 1 rings (SSSR count). The first kappa shape index (κ1) is 20.8. The molecule has 1 aromatic carbocycles. The minimum absolute atomic E-state index is 0.294. The third-order valence-corrected chi connectivity index (χ3v) is 3.97. The lowest BCUT2D eigenvalue weighted by Gasteiger charge is -2.12. The van der Waals surface area contributed by atoms with Crippen LogP contribution >= 0.6 is 0 Å². The first-order valence-electron chi connectivity index (χ1n) is 9.45. The molecule has 4 nitrogen and oxygen atoms in total. The van der Waals surface area contributed by atoms with Gasteiger partial charge in [-0.1, -0.05) is 50.7 Å². The van der Waals surface area contributed by atoms with Gasteiger partial charge in [0.25, 0.3) is 0 Å². The van der Waals surface area contributed by atoms with Crippen LogP contribution in [0.5, 0.6) is 11.5 Å². The van der Waals surface area contributed by atoms with Crippen molar-refractivity contribution in [3.8, 4) is 11.5 Å².